The van der Waals surface area contributed by atoms with Crippen LogP contribution in [-0.4, -0.2) is 0 Å². The monoisotopic (exact) mass is 1260 g/mol. The SMILES string of the molecule is c1ccc(Oc2cc(N(c3ccccc3)c3ccccc3)cc(N(c3ccccc3)c3ccc4c(c3)Oc3cc(N(c5ccccc5)c5cc(N(c6ccccc6)c6ccccc6)cc(N(c6ccccc6)c6ccccc6)c5)ccc3C43c4ccccc4-c4ccccc43)c2)cc1. The van der Waals surface area contributed by atoms with Gasteiger partial charge < -0.3 is 34.0 Å². The molecule has 0 atom stereocenters. The molecular weight excluding hydrogens is 1200 g/mol. The molecule has 0 N–H and O–H groups in total. The molecule has 466 valence electrons. The molecule has 0 radical (unpaired) electrons. The lowest BCUT2D eigenvalue weighted by Crippen LogP contribution is -2.32. The third kappa shape index (κ3) is 10.8. The smallest absolute Gasteiger partial charge is 0.134 e. The minimum atomic E-state index is -0.782. The molecule has 0 bridgehead atoms. The van der Waals surface area contributed by atoms with E-state index < -0.39 is 5.41 Å². The molecule has 1 spiro atoms. The lowest BCUT2D eigenvalue weighted by atomic mass is 9.66. The summed E-state index contributed by atoms with van der Waals surface area (Å²) in [7, 11) is 0. The van der Waals surface area contributed by atoms with Crippen LogP contribution in [0.4, 0.5) is 85.3 Å². The lowest BCUT2D eigenvalue weighted by molar-refractivity contribution is 0.436. The zero-order valence-electron chi connectivity index (χ0n) is 53.6. The van der Waals surface area contributed by atoms with E-state index in [1.165, 1.54) is 22.3 Å². The van der Waals surface area contributed by atoms with Crippen molar-refractivity contribution in [3.63, 3.8) is 0 Å². The standard InChI is InChI=1S/C91H65N5O2/c1-10-32-66(33-11-1)92(67-34-12-2-13-35-67)76-58-77(93(68-36-14-3-15-37-68)69-38-16-4-17-39-69)60-78(59-76)95(72-44-22-7-23-45-72)74-54-56-87-89(64-74)98-90-65-75(55-57-88(90)91(87)85-52-30-28-50-83(85)84-51-29-31-53-86(84)91)96(73-46-24-8-25-47-73)80-61-79(62-82(63-80)97-81-48-26-9-27-49-81)94(70-40-18-5-19-41-70)71-42-20-6-21-43-71/h1-65H. The normalized spacial score (nSPS) is 12.0. The molecule has 1 aliphatic heterocycles. The van der Waals surface area contributed by atoms with Gasteiger partial charge in [-0.2, -0.15) is 0 Å². The molecule has 0 aromatic heterocycles. The molecule has 0 unspecified atom stereocenters. The van der Waals surface area contributed by atoms with Crippen LogP contribution in [0.15, 0.2) is 394 Å². The second-order valence-corrected chi connectivity index (χ2v) is 24.5. The number of ether oxygens (including phenoxy) is 2. The van der Waals surface area contributed by atoms with Crippen LogP contribution in [0.1, 0.15) is 22.3 Å². The number of hydrogen-bond donors (Lipinski definition) is 0. The van der Waals surface area contributed by atoms with Crippen molar-refractivity contribution in [2.24, 2.45) is 0 Å². The first-order valence-electron chi connectivity index (χ1n) is 33.2. The number of rotatable bonds is 17. The Morgan fingerprint density at radius 3 is 0.724 bits per heavy atom. The van der Waals surface area contributed by atoms with Crippen LogP contribution < -0.4 is 34.0 Å². The minimum absolute atomic E-state index is 0.677. The highest BCUT2D eigenvalue weighted by Crippen LogP contribution is 2.63. The molecule has 7 nitrogen and oxygen atoms in total. The summed E-state index contributed by atoms with van der Waals surface area (Å²) in [5.41, 5.74) is 20.7. The highest BCUT2D eigenvalue weighted by atomic mass is 16.5. The van der Waals surface area contributed by atoms with E-state index in [1.807, 2.05) is 30.3 Å². The van der Waals surface area contributed by atoms with Crippen molar-refractivity contribution in [2.75, 3.05) is 24.5 Å². The van der Waals surface area contributed by atoms with E-state index in [9.17, 15) is 0 Å². The Hall–Kier alpha value is -13.1. The van der Waals surface area contributed by atoms with Gasteiger partial charge >= 0.3 is 0 Å². The van der Waals surface area contributed by atoms with Gasteiger partial charge in [0.25, 0.3) is 0 Å². The van der Waals surface area contributed by atoms with Crippen LogP contribution in [0.3, 0.4) is 0 Å². The van der Waals surface area contributed by atoms with Crippen molar-refractivity contribution in [1.82, 2.24) is 0 Å². The number of nitrogens with zero attached hydrogens (tertiary/aromatic N) is 5. The average molecular weight is 1260 g/mol. The van der Waals surface area contributed by atoms with E-state index in [2.05, 4.69) is 388 Å². The van der Waals surface area contributed by atoms with Gasteiger partial charge in [0.2, 0.25) is 0 Å². The van der Waals surface area contributed by atoms with Crippen LogP contribution in [0, 0.1) is 0 Å². The number of hydrogen-bond acceptors (Lipinski definition) is 7. The lowest BCUT2D eigenvalue weighted by Gasteiger charge is -2.40. The third-order valence-corrected chi connectivity index (χ3v) is 18.6. The van der Waals surface area contributed by atoms with Gasteiger partial charge in [0.15, 0.2) is 0 Å². The highest BCUT2D eigenvalue weighted by molar-refractivity contribution is 5.94. The number of benzene rings is 15. The Morgan fingerprint density at radius 1 is 0.184 bits per heavy atom. The first kappa shape index (κ1) is 58.7. The van der Waals surface area contributed by atoms with E-state index in [0.717, 1.165) is 114 Å². The molecule has 0 saturated carbocycles. The fraction of sp³-hybridized carbons (Fsp3) is 0.0110. The Balaban J connectivity index is 0.883. The topological polar surface area (TPSA) is 34.7 Å². The van der Waals surface area contributed by atoms with Crippen LogP contribution in [0.2, 0.25) is 0 Å². The Kier molecular flexibility index (Phi) is 15.4. The maximum Gasteiger partial charge on any atom is 0.134 e. The largest absolute Gasteiger partial charge is 0.457 e. The van der Waals surface area contributed by atoms with Crippen LogP contribution in [0.5, 0.6) is 23.0 Å². The van der Waals surface area contributed by atoms with Crippen molar-refractivity contribution in [3.8, 4) is 34.1 Å². The zero-order valence-corrected chi connectivity index (χ0v) is 53.6. The summed E-state index contributed by atoms with van der Waals surface area (Å²) < 4.78 is 14.6. The van der Waals surface area contributed by atoms with E-state index in [-0.39, 0.29) is 0 Å². The van der Waals surface area contributed by atoms with Crippen molar-refractivity contribution in [2.45, 2.75) is 5.41 Å². The van der Waals surface area contributed by atoms with Crippen molar-refractivity contribution in [3.05, 3.63) is 417 Å². The van der Waals surface area contributed by atoms with Gasteiger partial charge in [-0.25, -0.2) is 0 Å². The molecule has 1 aliphatic carbocycles. The van der Waals surface area contributed by atoms with Crippen LogP contribution >= 0.6 is 0 Å². The number of fused-ring (bicyclic) bond motifs is 9. The second kappa shape index (κ2) is 25.7. The van der Waals surface area contributed by atoms with Gasteiger partial charge in [0.05, 0.1) is 33.9 Å². The fourth-order valence-corrected chi connectivity index (χ4v) is 14.5. The summed E-state index contributed by atoms with van der Waals surface area (Å²) in [5, 5.41) is 0. The summed E-state index contributed by atoms with van der Waals surface area (Å²) in [6.45, 7) is 0. The average Bonchev–Trinajstić information content (AvgIpc) is 1.46. The molecule has 1 heterocycles. The summed E-state index contributed by atoms with van der Waals surface area (Å²) >= 11 is 0. The summed E-state index contributed by atoms with van der Waals surface area (Å²) in [6, 6.07) is 140. The van der Waals surface area contributed by atoms with E-state index >= 15 is 0 Å². The molecule has 7 heteroatoms. The van der Waals surface area contributed by atoms with E-state index in [1.54, 1.807) is 0 Å². The van der Waals surface area contributed by atoms with Gasteiger partial charge in [-0.15, -0.1) is 0 Å². The van der Waals surface area contributed by atoms with Crippen molar-refractivity contribution >= 4 is 85.3 Å². The number of anilines is 15. The first-order valence-corrected chi connectivity index (χ1v) is 33.2. The van der Waals surface area contributed by atoms with Crippen molar-refractivity contribution < 1.29 is 9.47 Å². The Bertz CT molecular complexity index is 5020. The van der Waals surface area contributed by atoms with E-state index in [4.69, 9.17) is 9.47 Å². The molecular formula is C91H65N5O2. The maximum atomic E-state index is 7.75. The number of para-hydroxylation sites is 9. The molecule has 2 aliphatic rings. The second-order valence-electron chi connectivity index (χ2n) is 24.5. The molecule has 17 rings (SSSR count). The summed E-state index contributed by atoms with van der Waals surface area (Å²) in [4.78, 5) is 11.7. The predicted octanol–water partition coefficient (Wildman–Crippen LogP) is 25.3. The maximum absolute atomic E-state index is 7.75. The Morgan fingerprint density at radius 2 is 0.429 bits per heavy atom. The van der Waals surface area contributed by atoms with Gasteiger partial charge in [-0.3, -0.25) is 0 Å². The molecule has 15 aromatic carbocycles. The molecule has 0 amide bonds. The summed E-state index contributed by atoms with van der Waals surface area (Å²) in [6.07, 6.45) is 0. The molecule has 0 saturated heterocycles. The van der Waals surface area contributed by atoms with Crippen LogP contribution in [0.25, 0.3) is 11.1 Å². The molecule has 0 fully saturated rings. The minimum Gasteiger partial charge on any atom is -0.457 e. The van der Waals surface area contributed by atoms with Crippen LogP contribution in [-0.2, 0) is 5.41 Å². The first-order chi connectivity index (χ1) is 48.6. The highest BCUT2D eigenvalue weighted by Gasteiger charge is 2.51. The van der Waals surface area contributed by atoms with Gasteiger partial charge in [0, 0.05) is 92.3 Å². The molecule has 98 heavy (non-hydrogen) atoms. The van der Waals surface area contributed by atoms with Gasteiger partial charge in [0.1, 0.15) is 23.0 Å². The fourth-order valence-electron chi connectivity index (χ4n) is 14.5. The zero-order chi connectivity index (χ0) is 65.2. The van der Waals surface area contributed by atoms with Gasteiger partial charge in [-0.05, 0) is 168 Å². The summed E-state index contributed by atoms with van der Waals surface area (Å²) in [5.74, 6) is 2.90. The Labute approximate surface area is 572 Å². The third-order valence-electron chi connectivity index (χ3n) is 18.6. The predicted molar refractivity (Wildman–Crippen MR) is 404 cm³/mol. The molecule has 15 aromatic rings. The van der Waals surface area contributed by atoms with E-state index in [0.29, 0.717) is 5.75 Å². The van der Waals surface area contributed by atoms with Gasteiger partial charge in [-0.1, -0.05) is 224 Å². The quantitative estimate of drug-likeness (QED) is 0.0899. The van der Waals surface area contributed by atoms with Crippen molar-refractivity contribution in [1.29, 1.82) is 0 Å².